The lowest BCUT2D eigenvalue weighted by Crippen LogP contribution is -2.40. The highest BCUT2D eigenvalue weighted by molar-refractivity contribution is 7.89. The minimum absolute atomic E-state index is 0.171. The molecule has 2 aromatic heterocycles. The summed E-state index contributed by atoms with van der Waals surface area (Å²) >= 11 is 0. The first-order chi connectivity index (χ1) is 15.2. The van der Waals surface area contributed by atoms with E-state index in [-0.39, 0.29) is 37.5 Å². The maximum absolute atomic E-state index is 14.4. The van der Waals surface area contributed by atoms with Gasteiger partial charge in [0.25, 0.3) is 5.56 Å². The number of aromatic nitrogens is 4. The van der Waals surface area contributed by atoms with Gasteiger partial charge in [-0.15, -0.1) is 0 Å². The van der Waals surface area contributed by atoms with Crippen LogP contribution in [0.4, 0.5) is 10.1 Å². The second kappa shape index (κ2) is 8.48. The molecule has 4 rings (SSSR count). The van der Waals surface area contributed by atoms with Crippen LogP contribution in [0.3, 0.4) is 0 Å². The van der Waals surface area contributed by atoms with Crippen LogP contribution in [0, 0.1) is 5.82 Å². The lowest BCUT2D eigenvalue weighted by Gasteiger charge is -2.26. The van der Waals surface area contributed by atoms with Crippen LogP contribution in [0.15, 0.2) is 39.0 Å². The van der Waals surface area contributed by atoms with Crippen molar-refractivity contribution >= 4 is 26.9 Å². The number of imidazole rings is 1. The Balaban J connectivity index is 1.54. The first-order valence-electron chi connectivity index (χ1n) is 9.94. The van der Waals surface area contributed by atoms with E-state index in [0.717, 1.165) is 10.6 Å². The minimum atomic E-state index is -3.98. The van der Waals surface area contributed by atoms with Gasteiger partial charge in [0.1, 0.15) is 10.7 Å². The zero-order valence-electron chi connectivity index (χ0n) is 17.6. The van der Waals surface area contributed by atoms with Crippen LogP contribution in [0.25, 0.3) is 11.2 Å². The number of hydrogen-bond donors (Lipinski definition) is 1. The number of nitrogens with zero attached hydrogens (tertiary/aromatic N) is 5. The predicted molar refractivity (Wildman–Crippen MR) is 115 cm³/mol. The number of aryl methyl sites for hydroxylation is 1. The van der Waals surface area contributed by atoms with Gasteiger partial charge < -0.3 is 14.6 Å². The van der Waals surface area contributed by atoms with Crippen molar-refractivity contribution in [2.75, 3.05) is 38.2 Å². The molecule has 172 valence electrons. The third-order valence-corrected chi connectivity index (χ3v) is 7.33. The zero-order valence-corrected chi connectivity index (χ0v) is 18.4. The van der Waals surface area contributed by atoms with E-state index in [1.807, 2.05) is 0 Å². The molecular weight excluding hydrogens is 443 g/mol. The van der Waals surface area contributed by atoms with Gasteiger partial charge in [-0.3, -0.25) is 13.9 Å². The fraction of sp³-hybridized carbons (Fsp3) is 0.421. The Morgan fingerprint density at radius 2 is 1.88 bits per heavy atom. The first-order valence-corrected chi connectivity index (χ1v) is 11.4. The van der Waals surface area contributed by atoms with Crippen molar-refractivity contribution in [3.8, 4) is 0 Å². The maximum atomic E-state index is 14.4. The van der Waals surface area contributed by atoms with Crippen LogP contribution in [0.1, 0.15) is 0 Å². The van der Waals surface area contributed by atoms with E-state index < -0.39 is 32.0 Å². The van der Waals surface area contributed by atoms with Crippen molar-refractivity contribution in [3.63, 3.8) is 0 Å². The number of morpholine rings is 1. The van der Waals surface area contributed by atoms with Crippen LogP contribution < -0.4 is 16.6 Å². The van der Waals surface area contributed by atoms with Crippen LogP contribution in [-0.2, 0) is 35.4 Å². The summed E-state index contributed by atoms with van der Waals surface area (Å²) in [7, 11) is -1.05. The summed E-state index contributed by atoms with van der Waals surface area (Å²) in [5.74, 6) is -0.827. The van der Waals surface area contributed by atoms with Crippen molar-refractivity contribution in [2.45, 2.75) is 11.4 Å². The van der Waals surface area contributed by atoms with Crippen molar-refractivity contribution in [3.05, 3.63) is 51.2 Å². The number of rotatable bonds is 6. The molecule has 3 heterocycles. The molecule has 1 aromatic carbocycles. The molecule has 0 aliphatic carbocycles. The molecule has 0 radical (unpaired) electrons. The van der Waals surface area contributed by atoms with Gasteiger partial charge in [0, 0.05) is 46.0 Å². The van der Waals surface area contributed by atoms with E-state index in [9.17, 15) is 22.4 Å². The molecule has 0 atom stereocenters. The fourth-order valence-electron chi connectivity index (χ4n) is 3.62. The summed E-state index contributed by atoms with van der Waals surface area (Å²) in [5, 5.41) is 3.05. The van der Waals surface area contributed by atoms with E-state index in [1.165, 1.54) is 41.4 Å². The monoisotopic (exact) mass is 466 g/mol. The molecule has 1 fully saturated rings. The lowest BCUT2D eigenvalue weighted by atomic mass is 10.3. The summed E-state index contributed by atoms with van der Waals surface area (Å²) < 4.78 is 50.3. The highest BCUT2D eigenvalue weighted by Gasteiger charge is 2.29. The molecule has 1 aliphatic rings. The van der Waals surface area contributed by atoms with Gasteiger partial charge in [0.05, 0.1) is 19.5 Å². The highest BCUT2D eigenvalue weighted by Crippen LogP contribution is 2.24. The number of sulfonamides is 1. The summed E-state index contributed by atoms with van der Waals surface area (Å²) in [6.07, 6.45) is 1.46. The number of ether oxygens (including phenoxy) is 1. The fourth-order valence-corrected chi connectivity index (χ4v) is 5.12. The standard InChI is InChI=1S/C19H23FN6O5S/c1-23-17-16(18(27)24(2)19(23)28)25(12-22-17)6-5-21-13-3-4-14(20)15(11-13)32(29,30)26-7-9-31-10-8-26/h3-4,11-12,21H,5-10H2,1-2H3. The molecule has 3 aromatic rings. The molecule has 1 aliphatic heterocycles. The van der Waals surface area contributed by atoms with Gasteiger partial charge >= 0.3 is 5.69 Å². The van der Waals surface area contributed by atoms with Crippen molar-refractivity contribution in [1.82, 2.24) is 23.0 Å². The summed E-state index contributed by atoms with van der Waals surface area (Å²) in [6.45, 7) is 1.49. The van der Waals surface area contributed by atoms with Gasteiger partial charge in [-0.25, -0.2) is 22.6 Å². The van der Waals surface area contributed by atoms with Gasteiger partial charge in [-0.05, 0) is 18.2 Å². The molecule has 11 nitrogen and oxygen atoms in total. The SMILES string of the molecule is Cn1c(=O)c2c(ncn2CCNc2ccc(F)c(S(=O)(=O)N3CCOCC3)c2)n(C)c1=O. The number of nitrogens with one attached hydrogen (secondary N) is 1. The lowest BCUT2D eigenvalue weighted by molar-refractivity contribution is 0.0729. The topological polar surface area (TPSA) is 120 Å². The molecule has 0 bridgehead atoms. The Hall–Kier alpha value is -3.03. The van der Waals surface area contributed by atoms with Crippen LogP contribution >= 0.6 is 0 Å². The molecule has 1 saturated heterocycles. The molecule has 0 amide bonds. The summed E-state index contributed by atoms with van der Waals surface area (Å²) in [5.41, 5.74) is 0.0558. The Kier molecular flexibility index (Phi) is 5.88. The smallest absolute Gasteiger partial charge is 0.332 e. The number of anilines is 1. The van der Waals surface area contributed by atoms with E-state index in [1.54, 1.807) is 4.57 Å². The van der Waals surface area contributed by atoms with Crippen LogP contribution in [0.2, 0.25) is 0 Å². The molecule has 0 saturated carbocycles. The Morgan fingerprint density at radius 1 is 1.16 bits per heavy atom. The summed E-state index contributed by atoms with van der Waals surface area (Å²) in [4.78, 5) is 28.3. The second-order valence-electron chi connectivity index (χ2n) is 7.40. The molecule has 0 unspecified atom stereocenters. The average Bonchev–Trinajstić information content (AvgIpc) is 3.22. The van der Waals surface area contributed by atoms with Gasteiger partial charge in [-0.2, -0.15) is 4.31 Å². The second-order valence-corrected chi connectivity index (χ2v) is 9.31. The van der Waals surface area contributed by atoms with Crippen LogP contribution in [0.5, 0.6) is 0 Å². The van der Waals surface area contributed by atoms with Crippen LogP contribution in [-0.4, -0.2) is 64.3 Å². The third-order valence-electron chi connectivity index (χ3n) is 5.42. The van der Waals surface area contributed by atoms with Crippen molar-refractivity contribution in [1.29, 1.82) is 0 Å². The number of hydrogen-bond acceptors (Lipinski definition) is 7. The quantitative estimate of drug-likeness (QED) is 0.530. The molecule has 32 heavy (non-hydrogen) atoms. The van der Waals surface area contributed by atoms with Crippen molar-refractivity contribution in [2.24, 2.45) is 14.1 Å². The van der Waals surface area contributed by atoms with E-state index in [4.69, 9.17) is 4.74 Å². The number of fused-ring (bicyclic) bond motifs is 1. The van der Waals surface area contributed by atoms with Gasteiger partial charge in [0.2, 0.25) is 10.0 Å². The van der Waals surface area contributed by atoms with Gasteiger partial charge in [-0.1, -0.05) is 0 Å². The molecule has 0 spiro atoms. The minimum Gasteiger partial charge on any atom is -0.383 e. The van der Waals surface area contributed by atoms with E-state index in [0.29, 0.717) is 18.8 Å². The van der Waals surface area contributed by atoms with E-state index >= 15 is 0 Å². The Labute approximate surface area is 182 Å². The Bertz CT molecular complexity index is 1390. The van der Waals surface area contributed by atoms with Gasteiger partial charge in [0.15, 0.2) is 11.2 Å². The Morgan fingerprint density at radius 3 is 2.59 bits per heavy atom. The molecule has 1 N–H and O–H groups in total. The average molecular weight is 466 g/mol. The number of benzene rings is 1. The van der Waals surface area contributed by atoms with E-state index in [2.05, 4.69) is 10.3 Å². The zero-order chi connectivity index (χ0) is 23.0. The predicted octanol–water partition coefficient (Wildman–Crippen LogP) is -0.294. The van der Waals surface area contributed by atoms with Crippen molar-refractivity contribution < 1.29 is 17.5 Å². The first kappa shape index (κ1) is 22.2. The number of halogens is 1. The third kappa shape index (κ3) is 3.82. The normalized spacial score (nSPS) is 15.3. The highest BCUT2D eigenvalue weighted by atomic mass is 32.2. The summed E-state index contributed by atoms with van der Waals surface area (Å²) in [6, 6.07) is 3.81. The molecular formula is C19H23FN6O5S. The largest absolute Gasteiger partial charge is 0.383 e. The maximum Gasteiger partial charge on any atom is 0.332 e. The molecule has 13 heteroatoms.